The number of carbonyl (C=O) groups excluding carboxylic acids is 3. The molecule has 0 fully saturated rings. The summed E-state index contributed by atoms with van der Waals surface area (Å²) in [6, 6.07) is 13.9. The fraction of sp³-hybridized carbons (Fsp3) is 0.250. The number of nitrogens with one attached hydrogen (secondary N) is 2. The van der Waals surface area contributed by atoms with Crippen molar-refractivity contribution in [3.8, 4) is 11.5 Å². The third-order valence-corrected chi connectivity index (χ3v) is 3.48. The molecule has 0 atom stereocenters. The molecule has 2 N–H and O–H groups in total. The molecule has 148 valence electrons. The summed E-state index contributed by atoms with van der Waals surface area (Å²) in [6.07, 6.45) is 0.0174. The highest BCUT2D eigenvalue weighted by Crippen LogP contribution is 2.27. The van der Waals surface area contributed by atoms with Gasteiger partial charge < -0.3 is 24.8 Å². The zero-order chi connectivity index (χ0) is 20.4. The van der Waals surface area contributed by atoms with E-state index in [1.165, 1.54) is 14.0 Å². The van der Waals surface area contributed by atoms with Crippen LogP contribution in [-0.2, 0) is 19.1 Å². The van der Waals surface area contributed by atoms with E-state index in [0.717, 1.165) is 0 Å². The fourth-order valence-corrected chi connectivity index (χ4v) is 2.26. The lowest BCUT2D eigenvalue weighted by molar-refractivity contribution is -0.147. The lowest BCUT2D eigenvalue weighted by Gasteiger charge is -2.12. The predicted molar refractivity (Wildman–Crippen MR) is 103 cm³/mol. The molecule has 0 radical (unpaired) electrons. The van der Waals surface area contributed by atoms with E-state index in [9.17, 15) is 14.4 Å². The van der Waals surface area contributed by atoms with E-state index in [1.807, 2.05) is 18.2 Å². The van der Waals surface area contributed by atoms with E-state index in [2.05, 4.69) is 10.6 Å². The number of hydrogen-bond donors (Lipinski definition) is 2. The van der Waals surface area contributed by atoms with Crippen molar-refractivity contribution in [2.24, 2.45) is 0 Å². The molecule has 0 spiro atoms. The average Bonchev–Trinajstić information content (AvgIpc) is 2.67. The van der Waals surface area contributed by atoms with Gasteiger partial charge in [0.25, 0.3) is 5.91 Å². The molecule has 8 nitrogen and oxygen atoms in total. The van der Waals surface area contributed by atoms with Gasteiger partial charge in [0.15, 0.2) is 6.61 Å². The summed E-state index contributed by atoms with van der Waals surface area (Å²) in [4.78, 5) is 34.9. The molecule has 28 heavy (non-hydrogen) atoms. The molecule has 8 heteroatoms. The summed E-state index contributed by atoms with van der Waals surface area (Å²) in [5.41, 5.74) is 0.848. The molecule has 0 heterocycles. The van der Waals surface area contributed by atoms with Gasteiger partial charge in [-0.25, -0.2) is 0 Å². The van der Waals surface area contributed by atoms with Gasteiger partial charge in [0, 0.05) is 12.6 Å². The third-order valence-electron chi connectivity index (χ3n) is 3.48. The number of para-hydroxylation sites is 1. The summed E-state index contributed by atoms with van der Waals surface area (Å²) >= 11 is 0. The Labute approximate surface area is 162 Å². The van der Waals surface area contributed by atoms with Gasteiger partial charge in [0.1, 0.15) is 11.5 Å². The quantitative estimate of drug-likeness (QED) is 0.642. The van der Waals surface area contributed by atoms with Crippen LogP contribution in [0.1, 0.15) is 13.3 Å². The third kappa shape index (κ3) is 6.99. The largest absolute Gasteiger partial charge is 0.495 e. The lowest BCUT2D eigenvalue weighted by Crippen LogP contribution is -2.22. The highest BCUT2D eigenvalue weighted by atomic mass is 16.5. The van der Waals surface area contributed by atoms with Crippen LogP contribution in [0.5, 0.6) is 11.5 Å². The average molecular weight is 386 g/mol. The van der Waals surface area contributed by atoms with Gasteiger partial charge in [0.2, 0.25) is 5.91 Å². The van der Waals surface area contributed by atoms with Crippen molar-refractivity contribution in [3.05, 3.63) is 48.5 Å². The maximum atomic E-state index is 12.1. The van der Waals surface area contributed by atoms with Gasteiger partial charge in [-0.15, -0.1) is 0 Å². The Morgan fingerprint density at radius 1 is 1.00 bits per heavy atom. The Hall–Kier alpha value is -3.55. The molecule has 2 aromatic carbocycles. The zero-order valence-corrected chi connectivity index (χ0v) is 15.7. The van der Waals surface area contributed by atoms with Crippen LogP contribution >= 0.6 is 0 Å². The number of anilines is 2. The van der Waals surface area contributed by atoms with Crippen molar-refractivity contribution in [3.63, 3.8) is 0 Å². The van der Waals surface area contributed by atoms with E-state index >= 15 is 0 Å². The number of methoxy groups -OCH3 is 1. The van der Waals surface area contributed by atoms with E-state index < -0.39 is 18.5 Å². The number of benzene rings is 2. The minimum absolute atomic E-state index is 0.0174. The van der Waals surface area contributed by atoms with E-state index in [0.29, 0.717) is 22.9 Å². The fourth-order valence-electron chi connectivity index (χ4n) is 2.26. The van der Waals surface area contributed by atoms with Gasteiger partial charge in [-0.05, 0) is 30.3 Å². The Kier molecular flexibility index (Phi) is 7.83. The number of hydrogen-bond acceptors (Lipinski definition) is 6. The molecule has 0 aliphatic heterocycles. The van der Waals surface area contributed by atoms with Crippen LogP contribution in [0.2, 0.25) is 0 Å². The first-order valence-corrected chi connectivity index (χ1v) is 8.57. The molecule has 0 aromatic heterocycles. The molecule has 0 unspecified atom stereocenters. The standard InChI is InChI=1S/C20H22N2O6/c1-14(23)21-15-8-9-18(26-2)17(12-15)22-19(24)13-28-20(25)10-11-27-16-6-4-3-5-7-16/h3-9,12H,10-11,13H2,1-2H3,(H,21,23)(H,22,24). The van der Waals surface area contributed by atoms with E-state index in [1.54, 1.807) is 30.3 Å². The van der Waals surface area contributed by atoms with E-state index in [4.69, 9.17) is 14.2 Å². The van der Waals surface area contributed by atoms with Crippen molar-refractivity contribution in [2.45, 2.75) is 13.3 Å². The Bertz CT molecular complexity index is 823. The molecule has 2 rings (SSSR count). The SMILES string of the molecule is COc1ccc(NC(C)=O)cc1NC(=O)COC(=O)CCOc1ccccc1. The number of amides is 2. The molecule has 0 aliphatic rings. The van der Waals surface area contributed by atoms with E-state index in [-0.39, 0.29) is 18.9 Å². The summed E-state index contributed by atoms with van der Waals surface area (Å²) in [5, 5.41) is 5.20. The Morgan fingerprint density at radius 3 is 2.43 bits per heavy atom. The summed E-state index contributed by atoms with van der Waals surface area (Å²) in [5.74, 6) is -0.265. The van der Waals surface area contributed by atoms with Crippen LogP contribution in [-0.4, -0.2) is 38.1 Å². The van der Waals surface area contributed by atoms with Crippen molar-refractivity contribution >= 4 is 29.2 Å². The Balaban J connectivity index is 1.79. The smallest absolute Gasteiger partial charge is 0.309 e. The molecule has 2 aromatic rings. The predicted octanol–water partition coefficient (Wildman–Crippen LogP) is 2.60. The molecule has 2 amide bonds. The first-order valence-electron chi connectivity index (χ1n) is 8.57. The van der Waals surface area contributed by atoms with Gasteiger partial charge in [0.05, 0.1) is 25.8 Å². The van der Waals surface area contributed by atoms with Crippen LogP contribution in [0, 0.1) is 0 Å². The second-order valence-electron chi connectivity index (χ2n) is 5.72. The highest BCUT2D eigenvalue weighted by Gasteiger charge is 2.12. The molecular weight excluding hydrogens is 364 g/mol. The molecule has 0 aliphatic carbocycles. The molecule has 0 bridgehead atoms. The van der Waals surface area contributed by atoms with Crippen LogP contribution in [0.25, 0.3) is 0 Å². The van der Waals surface area contributed by atoms with Gasteiger partial charge in [-0.3, -0.25) is 14.4 Å². The van der Waals surface area contributed by atoms with Crippen LogP contribution in [0.4, 0.5) is 11.4 Å². The van der Waals surface area contributed by atoms with Crippen molar-refractivity contribution in [2.75, 3.05) is 31.0 Å². The Morgan fingerprint density at radius 2 is 1.75 bits per heavy atom. The topological polar surface area (TPSA) is 103 Å². The zero-order valence-electron chi connectivity index (χ0n) is 15.7. The maximum Gasteiger partial charge on any atom is 0.309 e. The monoisotopic (exact) mass is 386 g/mol. The summed E-state index contributed by atoms with van der Waals surface area (Å²) in [6.45, 7) is 1.08. The summed E-state index contributed by atoms with van der Waals surface area (Å²) < 4.78 is 15.5. The minimum atomic E-state index is -0.551. The molecule has 0 saturated carbocycles. The number of rotatable bonds is 9. The highest BCUT2D eigenvalue weighted by molar-refractivity contribution is 5.96. The van der Waals surface area contributed by atoms with Crippen LogP contribution in [0.3, 0.4) is 0 Å². The lowest BCUT2D eigenvalue weighted by atomic mass is 10.2. The number of esters is 1. The van der Waals surface area contributed by atoms with Gasteiger partial charge in [-0.2, -0.15) is 0 Å². The normalized spacial score (nSPS) is 9.93. The number of ether oxygens (including phenoxy) is 3. The first-order chi connectivity index (χ1) is 13.5. The van der Waals surface area contributed by atoms with Gasteiger partial charge in [-0.1, -0.05) is 18.2 Å². The van der Waals surface area contributed by atoms with Crippen molar-refractivity contribution in [1.29, 1.82) is 0 Å². The summed E-state index contributed by atoms with van der Waals surface area (Å²) in [7, 11) is 1.45. The second-order valence-corrected chi connectivity index (χ2v) is 5.72. The van der Waals surface area contributed by atoms with Crippen molar-refractivity contribution in [1.82, 2.24) is 0 Å². The van der Waals surface area contributed by atoms with Crippen LogP contribution < -0.4 is 20.1 Å². The minimum Gasteiger partial charge on any atom is -0.495 e. The molecular formula is C20H22N2O6. The van der Waals surface area contributed by atoms with Crippen molar-refractivity contribution < 1.29 is 28.6 Å². The first kappa shape index (κ1) is 20.8. The molecule has 0 saturated heterocycles. The number of carbonyl (C=O) groups is 3. The van der Waals surface area contributed by atoms with Crippen LogP contribution in [0.15, 0.2) is 48.5 Å². The van der Waals surface area contributed by atoms with Gasteiger partial charge >= 0.3 is 5.97 Å². The second kappa shape index (κ2) is 10.6. The maximum absolute atomic E-state index is 12.1.